The van der Waals surface area contributed by atoms with Gasteiger partial charge in [0.05, 0.1) is 11.3 Å². The van der Waals surface area contributed by atoms with Crippen LogP contribution in [0.3, 0.4) is 0 Å². The van der Waals surface area contributed by atoms with Crippen LogP contribution in [0.4, 0.5) is 0 Å². The van der Waals surface area contributed by atoms with E-state index in [9.17, 15) is 4.79 Å². The lowest BCUT2D eigenvalue weighted by Crippen LogP contribution is -2.27. The highest BCUT2D eigenvalue weighted by atomic mass is 16.1. The van der Waals surface area contributed by atoms with E-state index in [4.69, 9.17) is 0 Å². The van der Waals surface area contributed by atoms with Crippen molar-refractivity contribution in [3.05, 3.63) is 34.9 Å². The Hall–Kier alpha value is -2.31. The van der Waals surface area contributed by atoms with Gasteiger partial charge in [-0.3, -0.25) is 4.79 Å². The fraction of sp³-hybridized carbons (Fsp3) is 0.632. The maximum Gasteiger partial charge on any atom is 0.254 e. The summed E-state index contributed by atoms with van der Waals surface area (Å²) in [5, 5.41) is 11.7. The summed E-state index contributed by atoms with van der Waals surface area (Å²) < 4.78 is 2.26. The van der Waals surface area contributed by atoms with Crippen molar-refractivity contribution in [2.24, 2.45) is 0 Å². The van der Waals surface area contributed by atoms with Crippen LogP contribution in [0.1, 0.15) is 79.0 Å². The Balaban J connectivity index is 1.54. The van der Waals surface area contributed by atoms with Gasteiger partial charge in [0.1, 0.15) is 17.5 Å². The number of nitrogens with one attached hydrogen (secondary N) is 1. The van der Waals surface area contributed by atoms with Crippen LogP contribution >= 0.6 is 0 Å². The zero-order chi connectivity index (χ0) is 18.5. The average Bonchev–Trinajstić information content (AvgIpc) is 2.85. The number of hydrogen-bond acceptors (Lipinski definition) is 5. The van der Waals surface area contributed by atoms with Gasteiger partial charge in [0.2, 0.25) is 0 Å². The summed E-state index contributed by atoms with van der Waals surface area (Å²) in [5.74, 6) is 2.92. The van der Waals surface area contributed by atoms with E-state index >= 15 is 0 Å². The van der Waals surface area contributed by atoms with E-state index < -0.39 is 0 Å². The van der Waals surface area contributed by atoms with Gasteiger partial charge in [0, 0.05) is 32.1 Å². The largest absolute Gasteiger partial charge is 0.352 e. The minimum absolute atomic E-state index is 0.103. The maximum atomic E-state index is 12.5. The summed E-state index contributed by atoms with van der Waals surface area (Å²) in [5.41, 5.74) is 1.37. The number of fused-ring (bicyclic) bond motifs is 1. The zero-order valence-corrected chi connectivity index (χ0v) is 16.0. The lowest BCUT2D eigenvalue weighted by atomic mass is 10.0. The fourth-order valence-electron chi connectivity index (χ4n) is 3.38. The van der Waals surface area contributed by atoms with Gasteiger partial charge in [0.25, 0.3) is 5.91 Å². The van der Waals surface area contributed by atoms with Crippen LogP contribution in [0.15, 0.2) is 6.20 Å². The second-order valence-electron chi connectivity index (χ2n) is 7.23. The number of rotatable bonds is 6. The molecule has 3 heterocycles. The Bertz CT molecular complexity index is 767. The zero-order valence-electron chi connectivity index (χ0n) is 16.0. The average molecular weight is 356 g/mol. The van der Waals surface area contributed by atoms with Gasteiger partial charge < -0.3 is 9.88 Å². The number of amides is 1. The third-order valence-corrected chi connectivity index (χ3v) is 4.78. The molecular weight excluding hydrogens is 328 g/mol. The van der Waals surface area contributed by atoms with Crippen molar-refractivity contribution in [1.29, 1.82) is 0 Å². The molecule has 7 nitrogen and oxygen atoms in total. The molecule has 0 fully saturated rings. The van der Waals surface area contributed by atoms with E-state index in [0.29, 0.717) is 17.9 Å². The summed E-state index contributed by atoms with van der Waals surface area (Å²) in [6.07, 6.45) is 7.98. The quantitative estimate of drug-likeness (QED) is 0.804. The minimum Gasteiger partial charge on any atom is -0.352 e. The fourth-order valence-corrected chi connectivity index (χ4v) is 3.38. The third kappa shape index (κ3) is 4.26. The summed E-state index contributed by atoms with van der Waals surface area (Å²) in [6, 6.07) is 0. The normalized spacial score (nSPS) is 14.2. The number of hydrogen-bond donors (Lipinski definition) is 1. The van der Waals surface area contributed by atoms with Crippen LogP contribution in [0.25, 0.3) is 0 Å². The van der Waals surface area contributed by atoms with Gasteiger partial charge >= 0.3 is 0 Å². The van der Waals surface area contributed by atoms with Crippen LogP contribution in [0.5, 0.6) is 0 Å². The van der Waals surface area contributed by atoms with E-state index in [2.05, 4.69) is 30.0 Å². The van der Waals surface area contributed by atoms with Crippen molar-refractivity contribution in [2.75, 3.05) is 6.54 Å². The van der Waals surface area contributed by atoms with E-state index in [0.717, 1.165) is 43.1 Å². The minimum atomic E-state index is -0.103. The highest BCUT2D eigenvalue weighted by molar-refractivity contribution is 5.95. The number of aromatic nitrogens is 5. The number of nitrogens with zero attached hydrogens (tertiary/aromatic N) is 5. The van der Waals surface area contributed by atoms with E-state index in [-0.39, 0.29) is 11.8 Å². The second-order valence-corrected chi connectivity index (χ2v) is 7.23. The lowest BCUT2D eigenvalue weighted by Gasteiger charge is -2.12. The first-order chi connectivity index (χ1) is 12.6. The SMILES string of the molecule is Cc1ncc(C(=O)NCCCc2nnc3n2CCCCC3)c(C(C)C)n1. The molecule has 0 aliphatic carbocycles. The van der Waals surface area contributed by atoms with Crippen LogP contribution in [-0.4, -0.2) is 37.2 Å². The molecule has 0 radical (unpaired) electrons. The molecule has 1 N–H and O–H groups in total. The molecule has 2 aromatic heterocycles. The molecule has 0 aromatic carbocycles. The van der Waals surface area contributed by atoms with Crippen molar-refractivity contribution >= 4 is 5.91 Å². The highest BCUT2D eigenvalue weighted by Gasteiger charge is 2.17. The van der Waals surface area contributed by atoms with E-state index in [1.165, 1.54) is 19.3 Å². The molecule has 0 atom stereocenters. The molecule has 1 aliphatic heterocycles. The van der Waals surface area contributed by atoms with E-state index in [1.807, 2.05) is 20.8 Å². The Morgan fingerprint density at radius 3 is 2.92 bits per heavy atom. The summed E-state index contributed by atoms with van der Waals surface area (Å²) in [6.45, 7) is 7.54. The first-order valence-corrected chi connectivity index (χ1v) is 9.59. The molecule has 7 heteroatoms. The summed E-state index contributed by atoms with van der Waals surface area (Å²) >= 11 is 0. The molecular formula is C19H28N6O. The van der Waals surface area contributed by atoms with Crippen LogP contribution in [0.2, 0.25) is 0 Å². The van der Waals surface area contributed by atoms with Gasteiger partial charge in [-0.15, -0.1) is 10.2 Å². The lowest BCUT2D eigenvalue weighted by molar-refractivity contribution is 0.0951. The second kappa shape index (κ2) is 8.38. The van der Waals surface area contributed by atoms with Crippen LogP contribution in [-0.2, 0) is 19.4 Å². The molecule has 1 amide bonds. The van der Waals surface area contributed by atoms with Crippen molar-refractivity contribution in [3.63, 3.8) is 0 Å². The molecule has 1 aliphatic rings. The molecule has 0 saturated carbocycles. The topological polar surface area (TPSA) is 85.6 Å². The maximum absolute atomic E-state index is 12.5. The van der Waals surface area contributed by atoms with Crippen molar-refractivity contribution in [3.8, 4) is 0 Å². The summed E-state index contributed by atoms with van der Waals surface area (Å²) in [7, 11) is 0. The van der Waals surface area contributed by atoms with Crippen molar-refractivity contribution in [2.45, 2.75) is 71.8 Å². The molecule has 0 bridgehead atoms. The van der Waals surface area contributed by atoms with E-state index in [1.54, 1.807) is 6.20 Å². The Labute approximate surface area is 154 Å². The Morgan fingerprint density at radius 1 is 1.27 bits per heavy atom. The number of aryl methyl sites for hydroxylation is 3. The van der Waals surface area contributed by atoms with Gasteiger partial charge in [-0.2, -0.15) is 0 Å². The predicted molar refractivity (Wildman–Crippen MR) is 99.1 cm³/mol. The van der Waals surface area contributed by atoms with Crippen LogP contribution < -0.4 is 5.32 Å². The van der Waals surface area contributed by atoms with Gasteiger partial charge in [-0.1, -0.05) is 20.3 Å². The van der Waals surface area contributed by atoms with Gasteiger partial charge in [-0.25, -0.2) is 9.97 Å². The monoisotopic (exact) mass is 356 g/mol. The van der Waals surface area contributed by atoms with Crippen molar-refractivity contribution < 1.29 is 4.79 Å². The van der Waals surface area contributed by atoms with Crippen LogP contribution in [0, 0.1) is 6.92 Å². The number of carbonyl (C=O) groups is 1. The standard InChI is InChI=1S/C19H28N6O/c1-13(2)18-15(12-21-14(3)22-18)19(26)20-10-7-9-17-24-23-16-8-5-4-6-11-25(16)17/h12-13H,4-11H2,1-3H3,(H,20,26). The highest BCUT2D eigenvalue weighted by Crippen LogP contribution is 2.17. The smallest absolute Gasteiger partial charge is 0.254 e. The molecule has 0 saturated heterocycles. The van der Waals surface area contributed by atoms with Gasteiger partial charge in [0.15, 0.2) is 0 Å². The first-order valence-electron chi connectivity index (χ1n) is 9.59. The third-order valence-electron chi connectivity index (χ3n) is 4.78. The Morgan fingerprint density at radius 2 is 2.12 bits per heavy atom. The van der Waals surface area contributed by atoms with Crippen molar-refractivity contribution in [1.82, 2.24) is 30.0 Å². The molecule has 140 valence electrons. The van der Waals surface area contributed by atoms with Gasteiger partial charge in [-0.05, 0) is 32.1 Å². The molecule has 26 heavy (non-hydrogen) atoms. The Kier molecular flexibility index (Phi) is 5.96. The summed E-state index contributed by atoms with van der Waals surface area (Å²) in [4.78, 5) is 21.1. The molecule has 0 unspecified atom stereocenters. The molecule has 0 spiro atoms. The predicted octanol–water partition coefficient (Wildman–Crippen LogP) is 2.59. The molecule has 2 aromatic rings. The first kappa shape index (κ1) is 18.5. The molecule has 3 rings (SSSR count). The number of carbonyl (C=O) groups excluding carboxylic acids is 1.